The molecular weight excluding hydrogens is 248 g/mol. The molecule has 2 amide bonds. The maximum atomic E-state index is 11.1. The number of nitrogens with one attached hydrogen (secondary N) is 1. The summed E-state index contributed by atoms with van der Waals surface area (Å²) in [5, 5.41) is 3.31. The van der Waals surface area contributed by atoms with Crippen LogP contribution in [0.25, 0.3) is 0 Å². The van der Waals surface area contributed by atoms with Crippen LogP contribution in [0.5, 0.6) is 0 Å². The minimum Gasteiger partial charge on any atom is -0.352 e. The summed E-state index contributed by atoms with van der Waals surface area (Å²) >= 11 is 6.16. The maximum absolute atomic E-state index is 11.1. The van der Waals surface area contributed by atoms with Crippen LogP contribution in [0.15, 0.2) is 54.6 Å². The molecule has 0 spiro atoms. The van der Waals surface area contributed by atoms with Crippen molar-refractivity contribution >= 4 is 17.6 Å². The molecule has 18 heavy (non-hydrogen) atoms. The zero-order valence-electron chi connectivity index (χ0n) is 9.64. The summed E-state index contributed by atoms with van der Waals surface area (Å²) in [4.78, 5) is 11.1. The lowest BCUT2D eigenvalue weighted by atomic mass is 9.99. The van der Waals surface area contributed by atoms with Crippen molar-refractivity contribution in [3.05, 3.63) is 70.7 Å². The second-order valence-corrected chi connectivity index (χ2v) is 4.28. The number of benzene rings is 2. The van der Waals surface area contributed by atoms with Crippen LogP contribution in [0.3, 0.4) is 0 Å². The lowest BCUT2D eigenvalue weighted by Gasteiger charge is -2.19. The van der Waals surface area contributed by atoms with E-state index in [1.165, 1.54) is 0 Å². The fourth-order valence-electron chi connectivity index (χ4n) is 1.84. The van der Waals surface area contributed by atoms with Crippen molar-refractivity contribution in [2.75, 3.05) is 0 Å². The number of rotatable bonds is 3. The third kappa shape index (κ3) is 2.81. The minimum absolute atomic E-state index is 0.336. The predicted molar refractivity (Wildman–Crippen MR) is 72.5 cm³/mol. The highest BCUT2D eigenvalue weighted by atomic mass is 35.5. The van der Waals surface area contributed by atoms with Crippen LogP contribution in [0, 0.1) is 0 Å². The average Bonchev–Trinajstić information content (AvgIpc) is 2.38. The molecule has 0 radical (unpaired) electrons. The molecule has 0 saturated heterocycles. The van der Waals surface area contributed by atoms with E-state index in [1.807, 2.05) is 48.5 Å². The first-order chi connectivity index (χ1) is 8.68. The van der Waals surface area contributed by atoms with Crippen molar-refractivity contribution < 1.29 is 4.79 Å². The van der Waals surface area contributed by atoms with Gasteiger partial charge >= 0.3 is 6.03 Å². The summed E-state index contributed by atoms with van der Waals surface area (Å²) in [5.41, 5.74) is 6.98. The molecule has 0 aliphatic rings. The fourth-order valence-corrected chi connectivity index (χ4v) is 2.08. The summed E-state index contributed by atoms with van der Waals surface area (Å²) in [5.74, 6) is 0. The number of halogens is 1. The number of hydrogen-bond acceptors (Lipinski definition) is 1. The van der Waals surface area contributed by atoms with Crippen LogP contribution < -0.4 is 11.1 Å². The largest absolute Gasteiger partial charge is 0.352 e. The fraction of sp³-hybridized carbons (Fsp3) is 0.0714. The Bertz CT molecular complexity index is 543. The number of carbonyl (C=O) groups is 1. The van der Waals surface area contributed by atoms with Gasteiger partial charge in [-0.2, -0.15) is 0 Å². The average molecular weight is 261 g/mol. The molecule has 0 unspecified atom stereocenters. The van der Waals surface area contributed by atoms with Gasteiger partial charge in [-0.25, -0.2) is 4.79 Å². The van der Waals surface area contributed by atoms with Crippen LogP contribution >= 0.6 is 11.6 Å². The second-order valence-electron chi connectivity index (χ2n) is 3.87. The highest BCUT2D eigenvalue weighted by molar-refractivity contribution is 6.31. The Balaban J connectivity index is 2.44. The zero-order chi connectivity index (χ0) is 13.0. The lowest BCUT2D eigenvalue weighted by molar-refractivity contribution is 0.247. The van der Waals surface area contributed by atoms with Gasteiger partial charge in [0.25, 0.3) is 0 Å². The predicted octanol–water partition coefficient (Wildman–Crippen LogP) is 3.10. The lowest BCUT2D eigenvalue weighted by Crippen LogP contribution is -2.33. The first-order valence-electron chi connectivity index (χ1n) is 5.54. The molecule has 0 aromatic heterocycles. The molecule has 2 rings (SSSR count). The molecule has 0 fully saturated rings. The van der Waals surface area contributed by atoms with Crippen molar-refractivity contribution in [1.29, 1.82) is 0 Å². The summed E-state index contributed by atoms with van der Waals surface area (Å²) in [6.07, 6.45) is 0. The molecule has 0 saturated carbocycles. The Morgan fingerprint density at radius 3 is 2.28 bits per heavy atom. The number of primary amides is 1. The normalized spacial score (nSPS) is 11.8. The van der Waals surface area contributed by atoms with Crippen LogP contribution in [0.1, 0.15) is 17.2 Å². The van der Waals surface area contributed by atoms with Gasteiger partial charge in [-0.05, 0) is 17.2 Å². The van der Waals surface area contributed by atoms with E-state index in [1.54, 1.807) is 6.07 Å². The monoisotopic (exact) mass is 260 g/mol. The zero-order valence-corrected chi connectivity index (χ0v) is 10.4. The van der Waals surface area contributed by atoms with Crippen LogP contribution in [-0.4, -0.2) is 6.03 Å². The molecule has 4 heteroatoms. The first-order valence-corrected chi connectivity index (χ1v) is 5.91. The standard InChI is InChI=1S/C14H13ClN2O/c15-12-9-5-4-8-11(12)13(17-14(16)18)10-6-2-1-3-7-10/h1-9,13H,(H3,16,17,18)/t13-/m0/s1. The molecular formula is C14H13ClN2O. The van der Waals surface area contributed by atoms with E-state index in [2.05, 4.69) is 5.32 Å². The summed E-state index contributed by atoms with van der Waals surface area (Å²) in [6.45, 7) is 0. The Labute approximate surface area is 111 Å². The summed E-state index contributed by atoms with van der Waals surface area (Å²) < 4.78 is 0. The molecule has 92 valence electrons. The van der Waals surface area contributed by atoms with Gasteiger partial charge in [0.05, 0.1) is 6.04 Å². The highest BCUT2D eigenvalue weighted by Crippen LogP contribution is 2.27. The van der Waals surface area contributed by atoms with Gasteiger partial charge in [-0.3, -0.25) is 0 Å². The quantitative estimate of drug-likeness (QED) is 0.875. The van der Waals surface area contributed by atoms with Gasteiger partial charge < -0.3 is 11.1 Å². The minimum atomic E-state index is -0.580. The smallest absolute Gasteiger partial charge is 0.312 e. The van der Waals surface area contributed by atoms with Crippen molar-refractivity contribution in [1.82, 2.24) is 5.32 Å². The number of carbonyl (C=O) groups excluding carboxylic acids is 1. The highest BCUT2D eigenvalue weighted by Gasteiger charge is 2.17. The van der Waals surface area contributed by atoms with E-state index in [0.717, 1.165) is 11.1 Å². The molecule has 0 heterocycles. The first kappa shape index (κ1) is 12.5. The molecule has 0 aliphatic heterocycles. The molecule has 0 bridgehead atoms. The van der Waals surface area contributed by atoms with Gasteiger partial charge in [0, 0.05) is 5.02 Å². The molecule has 0 aliphatic carbocycles. The Kier molecular flexibility index (Phi) is 3.85. The van der Waals surface area contributed by atoms with Crippen molar-refractivity contribution in [3.63, 3.8) is 0 Å². The maximum Gasteiger partial charge on any atom is 0.312 e. The second kappa shape index (κ2) is 5.56. The van der Waals surface area contributed by atoms with Gasteiger partial charge in [0.15, 0.2) is 0 Å². The van der Waals surface area contributed by atoms with Crippen LogP contribution in [0.2, 0.25) is 5.02 Å². The van der Waals surface area contributed by atoms with Gasteiger partial charge in [-0.15, -0.1) is 0 Å². The van der Waals surface area contributed by atoms with E-state index in [9.17, 15) is 4.79 Å². The number of urea groups is 1. The summed E-state index contributed by atoms with van der Waals surface area (Å²) in [6, 6.07) is 16.0. The summed E-state index contributed by atoms with van der Waals surface area (Å²) in [7, 11) is 0. The SMILES string of the molecule is NC(=O)N[C@@H](c1ccccc1)c1ccccc1Cl. The Morgan fingerprint density at radius 1 is 1.06 bits per heavy atom. The molecule has 3 nitrogen and oxygen atoms in total. The Morgan fingerprint density at radius 2 is 1.67 bits per heavy atom. The molecule has 1 atom stereocenters. The van der Waals surface area contributed by atoms with Gasteiger partial charge in [0.2, 0.25) is 0 Å². The molecule has 2 aromatic rings. The van der Waals surface area contributed by atoms with Crippen molar-refractivity contribution in [2.24, 2.45) is 5.73 Å². The van der Waals surface area contributed by atoms with Crippen molar-refractivity contribution in [3.8, 4) is 0 Å². The third-order valence-corrected chi connectivity index (χ3v) is 2.98. The van der Waals surface area contributed by atoms with E-state index < -0.39 is 6.03 Å². The third-order valence-electron chi connectivity index (χ3n) is 2.64. The molecule has 2 aromatic carbocycles. The number of amides is 2. The van der Waals surface area contributed by atoms with Gasteiger partial charge in [0.1, 0.15) is 0 Å². The van der Waals surface area contributed by atoms with Crippen LogP contribution in [0.4, 0.5) is 4.79 Å². The van der Waals surface area contributed by atoms with Crippen molar-refractivity contribution in [2.45, 2.75) is 6.04 Å². The van der Waals surface area contributed by atoms with E-state index in [4.69, 9.17) is 17.3 Å². The van der Waals surface area contributed by atoms with Gasteiger partial charge in [-0.1, -0.05) is 60.1 Å². The van der Waals surface area contributed by atoms with E-state index in [-0.39, 0.29) is 6.04 Å². The van der Waals surface area contributed by atoms with E-state index in [0.29, 0.717) is 5.02 Å². The van der Waals surface area contributed by atoms with E-state index >= 15 is 0 Å². The Hall–Kier alpha value is -2.00. The van der Waals surface area contributed by atoms with Crippen LogP contribution in [-0.2, 0) is 0 Å². The number of hydrogen-bond donors (Lipinski definition) is 2. The molecule has 3 N–H and O–H groups in total. The number of nitrogens with two attached hydrogens (primary N) is 1. The topological polar surface area (TPSA) is 55.1 Å².